The van der Waals surface area contributed by atoms with Crippen molar-refractivity contribution >= 4 is 30.6 Å². The molecule has 31 heavy (non-hydrogen) atoms. The van der Waals surface area contributed by atoms with Gasteiger partial charge in [-0.2, -0.15) is 9.97 Å². The van der Waals surface area contributed by atoms with Gasteiger partial charge in [0.15, 0.2) is 6.29 Å². The first kappa shape index (κ1) is 24.9. The standard InChI is InChI=1S/C19H20F3N3O5.Li.H/c1-9(10-4-3-5-11(15(10)20)16(21)22)23-17-14(18-29-6-7-30-18)12(8-13(26)27)24-19(25-17)28-2;;/h3-5,9,16,18H,6-8H2,1-2H3,(H,26,27)(H,23,24,25);;. The number of halogens is 3. The number of nitrogens with one attached hydrogen (secondary N) is 1. The average molecular weight is 435 g/mol. The van der Waals surface area contributed by atoms with Gasteiger partial charge in [0.1, 0.15) is 11.6 Å². The molecular weight excluding hydrogens is 414 g/mol. The van der Waals surface area contributed by atoms with Crippen LogP contribution in [0, 0.1) is 5.82 Å². The summed E-state index contributed by atoms with van der Waals surface area (Å²) in [4.78, 5) is 19.6. The molecule has 2 heterocycles. The van der Waals surface area contributed by atoms with E-state index in [-0.39, 0.29) is 60.7 Å². The number of methoxy groups -OCH3 is 1. The second kappa shape index (κ2) is 10.8. The van der Waals surface area contributed by atoms with Crippen molar-refractivity contribution < 1.29 is 37.3 Å². The first-order valence-electron chi connectivity index (χ1n) is 9.04. The molecule has 1 aliphatic heterocycles. The van der Waals surface area contributed by atoms with E-state index in [4.69, 9.17) is 14.2 Å². The normalized spacial score (nSPS) is 14.9. The zero-order chi connectivity index (χ0) is 21.8. The van der Waals surface area contributed by atoms with E-state index >= 15 is 0 Å². The summed E-state index contributed by atoms with van der Waals surface area (Å²) >= 11 is 0. The van der Waals surface area contributed by atoms with Crippen LogP contribution in [0.1, 0.15) is 48.1 Å². The number of anilines is 1. The number of carbonyl (C=O) groups is 1. The van der Waals surface area contributed by atoms with Crippen molar-refractivity contribution in [1.82, 2.24) is 9.97 Å². The predicted molar refractivity (Wildman–Crippen MR) is 105 cm³/mol. The van der Waals surface area contributed by atoms with E-state index in [1.807, 2.05) is 0 Å². The van der Waals surface area contributed by atoms with Crippen molar-refractivity contribution in [2.45, 2.75) is 32.1 Å². The Labute approximate surface area is 188 Å². The van der Waals surface area contributed by atoms with Gasteiger partial charge in [0.05, 0.1) is 49.6 Å². The van der Waals surface area contributed by atoms with Gasteiger partial charge in [-0.1, -0.05) is 18.2 Å². The van der Waals surface area contributed by atoms with Gasteiger partial charge >= 0.3 is 30.8 Å². The van der Waals surface area contributed by atoms with Crippen molar-refractivity contribution in [3.63, 3.8) is 0 Å². The van der Waals surface area contributed by atoms with Crippen LogP contribution in [0.15, 0.2) is 18.2 Å². The van der Waals surface area contributed by atoms with Crippen LogP contribution in [-0.2, 0) is 20.7 Å². The fourth-order valence-electron chi connectivity index (χ4n) is 3.10. The van der Waals surface area contributed by atoms with Crippen molar-refractivity contribution in [1.29, 1.82) is 0 Å². The molecule has 0 bridgehead atoms. The van der Waals surface area contributed by atoms with Gasteiger partial charge in [-0.25, -0.2) is 13.2 Å². The van der Waals surface area contributed by atoms with E-state index in [0.717, 1.165) is 6.07 Å². The summed E-state index contributed by atoms with van der Waals surface area (Å²) in [5.41, 5.74) is -0.397. The average Bonchev–Trinajstić information content (AvgIpc) is 3.21. The zero-order valence-corrected chi connectivity index (χ0v) is 16.2. The van der Waals surface area contributed by atoms with E-state index in [9.17, 15) is 23.1 Å². The van der Waals surface area contributed by atoms with Crippen LogP contribution in [0.3, 0.4) is 0 Å². The van der Waals surface area contributed by atoms with Gasteiger partial charge in [0, 0.05) is 5.56 Å². The van der Waals surface area contributed by atoms with E-state index in [1.54, 1.807) is 6.92 Å². The quantitative estimate of drug-likeness (QED) is 0.611. The summed E-state index contributed by atoms with van der Waals surface area (Å²) in [6.07, 6.45) is -4.36. The number of hydrogen-bond donors (Lipinski definition) is 2. The van der Waals surface area contributed by atoms with Crippen molar-refractivity contribution in [2.75, 3.05) is 25.6 Å². The fourth-order valence-corrected chi connectivity index (χ4v) is 3.10. The number of nitrogens with zero attached hydrogens (tertiary/aromatic N) is 2. The van der Waals surface area contributed by atoms with Gasteiger partial charge < -0.3 is 24.6 Å². The maximum atomic E-state index is 14.6. The Morgan fingerprint density at radius 2 is 1.94 bits per heavy atom. The number of aliphatic carboxylic acids is 1. The molecule has 12 heteroatoms. The Hall–Kier alpha value is -2.32. The molecule has 1 saturated heterocycles. The van der Waals surface area contributed by atoms with Crippen LogP contribution in [0.2, 0.25) is 0 Å². The van der Waals surface area contributed by atoms with Crippen molar-refractivity contribution in [2.24, 2.45) is 0 Å². The molecule has 1 unspecified atom stereocenters. The van der Waals surface area contributed by atoms with Gasteiger partial charge in [-0.05, 0) is 6.92 Å². The van der Waals surface area contributed by atoms with Crippen LogP contribution in [-0.4, -0.2) is 60.2 Å². The first-order valence-corrected chi connectivity index (χ1v) is 9.04. The van der Waals surface area contributed by atoms with Crippen molar-refractivity contribution in [3.05, 3.63) is 46.4 Å². The number of aromatic nitrogens is 2. The molecule has 8 nitrogen and oxygen atoms in total. The summed E-state index contributed by atoms with van der Waals surface area (Å²) < 4.78 is 56.7. The van der Waals surface area contributed by atoms with E-state index in [2.05, 4.69) is 15.3 Å². The molecule has 0 spiro atoms. The Morgan fingerprint density at radius 1 is 1.29 bits per heavy atom. The molecule has 1 aromatic heterocycles. The van der Waals surface area contributed by atoms with Crippen LogP contribution < -0.4 is 10.1 Å². The van der Waals surface area contributed by atoms with E-state index in [0.29, 0.717) is 0 Å². The number of benzene rings is 1. The summed E-state index contributed by atoms with van der Waals surface area (Å²) in [6, 6.07) is 2.79. The third kappa shape index (κ3) is 5.68. The summed E-state index contributed by atoms with van der Waals surface area (Å²) in [5, 5.41) is 12.2. The molecule has 1 aromatic carbocycles. The third-order valence-electron chi connectivity index (χ3n) is 4.48. The number of rotatable bonds is 8. The zero-order valence-electron chi connectivity index (χ0n) is 16.2. The number of hydrogen-bond acceptors (Lipinski definition) is 7. The molecule has 0 amide bonds. The summed E-state index contributed by atoms with van der Waals surface area (Å²) in [6.45, 7) is 2.12. The second-order valence-corrected chi connectivity index (χ2v) is 6.48. The van der Waals surface area contributed by atoms with Crippen molar-refractivity contribution in [3.8, 4) is 6.01 Å². The molecule has 2 aromatic rings. The Balaban J connectivity index is 0.00000341. The monoisotopic (exact) mass is 435 g/mol. The number of alkyl halides is 2. The third-order valence-corrected chi connectivity index (χ3v) is 4.48. The molecule has 0 saturated carbocycles. The van der Waals surface area contributed by atoms with Gasteiger partial charge in [0.2, 0.25) is 0 Å². The molecule has 0 aliphatic carbocycles. The molecule has 0 radical (unpaired) electrons. The van der Waals surface area contributed by atoms with Crippen LogP contribution in [0.4, 0.5) is 19.0 Å². The van der Waals surface area contributed by atoms with E-state index in [1.165, 1.54) is 19.2 Å². The minimum atomic E-state index is -2.96. The van der Waals surface area contributed by atoms with Crippen LogP contribution in [0.25, 0.3) is 0 Å². The Morgan fingerprint density at radius 3 is 2.52 bits per heavy atom. The Kier molecular flexibility index (Phi) is 8.70. The molecule has 164 valence electrons. The van der Waals surface area contributed by atoms with E-state index < -0.39 is 42.5 Å². The van der Waals surface area contributed by atoms with Gasteiger partial charge in [-0.15, -0.1) is 0 Å². The summed E-state index contributed by atoms with van der Waals surface area (Å²) in [5.74, 6) is -2.08. The Bertz CT molecular complexity index is 929. The number of carboxylic acid groups (broad SMARTS) is 1. The van der Waals surface area contributed by atoms with Gasteiger partial charge in [-0.3, -0.25) is 4.79 Å². The minimum absolute atomic E-state index is 0. The molecule has 3 rings (SSSR count). The second-order valence-electron chi connectivity index (χ2n) is 6.48. The number of carboxylic acids is 1. The first-order chi connectivity index (χ1) is 14.3. The molecule has 1 atom stereocenters. The molecule has 1 aliphatic rings. The van der Waals surface area contributed by atoms with Gasteiger partial charge in [0.25, 0.3) is 6.43 Å². The topological polar surface area (TPSA) is 103 Å². The molecule has 2 N–H and O–H groups in total. The fraction of sp³-hybridized carbons (Fsp3) is 0.421. The van der Waals surface area contributed by atoms with Crippen LogP contribution >= 0.6 is 0 Å². The molecular formula is C19H21F3LiN3O5. The maximum absolute atomic E-state index is 14.6. The van der Waals surface area contributed by atoms with Crippen LogP contribution in [0.5, 0.6) is 6.01 Å². The SMILES string of the molecule is COc1nc(CC(=O)O)c(C2OCCO2)c(NC(C)c2cccc(C(F)F)c2F)n1.[LiH]. The number of ether oxygens (including phenoxy) is 3. The predicted octanol–water partition coefficient (Wildman–Crippen LogP) is 2.76. The summed E-state index contributed by atoms with van der Waals surface area (Å²) in [7, 11) is 1.31. The molecule has 1 fully saturated rings.